The highest BCUT2D eigenvalue weighted by molar-refractivity contribution is 5.40. The van der Waals surface area contributed by atoms with Crippen molar-refractivity contribution >= 4 is 5.69 Å². The molecule has 1 aliphatic rings. The molecular formula is C13H20N2O2. The summed E-state index contributed by atoms with van der Waals surface area (Å²) in [6.07, 6.45) is 0.367. The van der Waals surface area contributed by atoms with Gasteiger partial charge in [-0.25, -0.2) is 0 Å². The van der Waals surface area contributed by atoms with E-state index in [-0.39, 0.29) is 18.6 Å². The average molecular weight is 236 g/mol. The van der Waals surface area contributed by atoms with Gasteiger partial charge in [0.15, 0.2) is 0 Å². The fraction of sp³-hybridized carbons (Fsp3) is 0.538. The van der Waals surface area contributed by atoms with Gasteiger partial charge in [0.1, 0.15) is 0 Å². The molecule has 0 saturated carbocycles. The summed E-state index contributed by atoms with van der Waals surface area (Å²) in [4.78, 5) is 2.17. The Hall–Kier alpha value is -1.10. The van der Waals surface area contributed by atoms with Gasteiger partial charge in [-0.1, -0.05) is 12.1 Å². The minimum Gasteiger partial charge on any atom is -0.399 e. The molecule has 0 unspecified atom stereocenters. The number of benzene rings is 1. The molecule has 1 saturated heterocycles. The monoisotopic (exact) mass is 236 g/mol. The summed E-state index contributed by atoms with van der Waals surface area (Å²) in [5.74, 6) is 0.180. The molecule has 1 heterocycles. The standard InChI is InChI=1S/C13H20N2O2/c14-12-3-1-2-10(4-12)6-15-7-11(9-16)5-13(17)8-15/h1-4,11,13,16-17H,5-9,14H2/t11-,13+/m1/s1. The summed E-state index contributed by atoms with van der Waals surface area (Å²) >= 11 is 0. The van der Waals surface area contributed by atoms with E-state index < -0.39 is 0 Å². The lowest BCUT2D eigenvalue weighted by molar-refractivity contribution is 0.0177. The van der Waals surface area contributed by atoms with Crippen LogP contribution in [0.4, 0.5) is 5.69 Å². The summed E-state index contributed by atoms with van der Waals surface area (Å²) in [5, 5.41) is 18.9. The van der Waals surface area contributed by atoms with Gasteiger partial charge in [-0.2, -0.15) is 0 Å². The number of aliphatic hydroxyl groups is 2. The lowest BCUT2D eigenvalue weighted by Gasteiger charge is -2.34. The predicted octanol–water partition coefficient (Wildman–Crippen LogP) is 0.444. The average Bonchev–Trinajstić information content (AvgIpc) is 2.28. The molecule has 4 nitrogen and oxygen atoms in total. The van der Waals surface area contributed by atoms with E-state index in [0.29, 0.717) is 13.0 Å². The molecule has 0 amide bonds. The quantitative estimate of drug-likeness (QED) is 0.666. The van der Waals surface area contributed by atoms with Crippen LogP contribution >= 0.6 is 0 Å². The van der Waals surface area contributed by atoms with Gasteiger partial charge in [0.05, 0.1) is 6.10 Å². The van der Waals surface area contributed by atoms with Gasteiger partial charge in [-0.15, -0.1) is 0 Å². The number of β-amino-alcohol motifs (C(OH)–C–C–N with tert-alkyl or cyclic N) is 1. The number of anilines is 1. The predicted molar refractivity (Wildman–Crippen MR) is 67.3 cm³/mol. The third kappa shape index (κ3) is 3.43. The van der Waals surface area contributed by atoms with Crippen molar-refractivity contribution < 1.29 is 10.2 Å². The van der Waals surface area contributed by atoms with Gasteiger partial charge >= 0.3 is 0 Å². The first-order chi connectivity index (χ1) is 8.17. The lowest BCUT2D eigenvalue weighted by Crippen LogP contribution is -2.43. The molecule has 1 aromatic rings. The summed E-state index contributed by atoms with van der Waals surface area (Å²) < 4.78 is 0. The van der Waals surface area contributed by atoms with Gasteiger partial charge in [0, 0.05) is 31.9 Å². The molecule has 2 atom stereocenters. The maximum Gasteiger partial charge on any atom is 0.0671 e. The second kappa shape index (κ2) is 5.49. The highest BCUT2D eigenvalue weighted by Crippen LogP contribution is 2.19. The van der Waals surface area contributed by atoms with E-state index in [1.165, 1.54) is 0 Å². The first kappa shape index (κ1) is 12.4. The molecule has 0 bridgehead atoms. The van der Waals surface area contributed by atoms with Crippen molar-refractivity contribution in [3.05, 3.63) is 29.8 Å². The maximum absolute atomic E-state index is 9.74. The fourth-order valence-corrected chi connectivity index (χ4v) is 2.48. The lowest BCUT2D eigenvalue weighted by atomic mass is 9.96. The Morgan fingerprint density at radius 2 is 2.18 bits per heavy atom. The Balaban J connectivity index is 1.98. The number of nitrogens with two attached hydrogens (primary N) is 1. The third-order valence-corrected chi connectivity index (χ3v) is 3.21. The number of aliphatic hydroxyl groups excluding tert-OH is 2. The Bertz CT molecular complexity index is 370. The van der Waals surface area contributed by atoms with Crippen LogP contribution in [0, 0.1) is 5.92 Å². The van der Waals surface area contributed by atoms with Crippen molar-refractivity contribution in [2.24, 2.45) is 5.92 Å². The zero-order valence-electron chi connectivity index (χ0n) is 9.92. The number of nitrogen functional groups attached to an aromatic ring is 1. The van der Waals surface area contributed by atoms with Gasteiger partial charge < -0.3 is 15.9 Å². The zero-order valence-corrected chi connectivity index (χ0v) is 9.92. The number of nitrogens with zero attached hydrogens (tertiary/aromatic N) is 1. The third-order valence-electron chi connectivity index (χ3n) is 3.21. The molecule has 1 fully saturated rings. The molecule has 1 aromatic carbocycles. The minimum absolute atomic E-state index is 0.143. The Morgan fingerprint density at radius 1 is 1.35 bits per heavy atom. The number of piperidine rings is 1. The number of rotatable bonds is 3. The zero-order chi connectivity index (χ0) is 12.3. The summed E-state index contributed by atoms with van der Waals surface area (Å²) in [6, 6.07) is 7.79. The van der Waals surface area contributed by atoms with Crippen molar-refractivity contribution in [3.63, 3.8) is 0 Å². The topological polar surface area (TPSA) is 69.7 Å². The van der Waals surface area contributed by atoms with Crippen LogP contribution in [0.5, 0.6) is 0 Å². The molecule has 94 valence electrons. The minimum atomic E-state index is -0.332. The van der Waals surface area contributed by atoms with E-state index in [9.17, 15) is 10.2 Å². The van der Waals surface area contributed by atoms with Crippen LogP contribution in [0.1, 0.15) is 12.0 Å². The first-order valence-corrected chi connectivity index (χ1v) is 6.03. The largest absolute Gasteiger partial charge is 0.399 e. The smallest absolute Gasteiger partial charge is 0.0671 e. The van der Waals surface area contributed by atoms with Crippen molar-refractivity contribution in [2.75, 3.05) is 25.4 Å². The van der Waals surface area contributed by atoms with Gasteiger partial charge in [0.2, 0.25) is 0 Å². The van der Waals surface area contributed by atoms with Gasteiger partial charge in [0.25, 0.3) is 0 Å². The highest BCUT2D eigenvalue weighted by Gasteiger charge is 2.25. The number of hydrogen-bond acceptors (Lipinski definition) is 4. The fourth-order valence-electron chi connectivity index (χ4n) is 2.48. The van der Waals surface area contributed by atoms with Crippen LogP contribution in [0.2, 0.25) is 0 Å². The van der Waals surface area contributed by atoms with Crippen LogP contribution in [-0.4, -0.2) is 40.9 Å². The Kier molecular flexibility index (Phi) is 3.99. The van der Waals surface area contributed by atoms with E-state index in [1.807, 2.05) is 24.3 Å². The van der Waals surface area contributed by atoms with E-state index in [0.717, 1.165) is 24.3 Å². The maximum atomic E-state index is 9.74. The molecule has 0 aliphatic carbocycles. The molecular weight excluding hydrogens is 216 g/mol. The molecule has 17 heavy (non-hydrogen) atoms. The second-order valence-corrected chi connectivity index (χ2v) is 4.88. The number of likely N-dealkylation sites (tertiary alicyclic amines) is 1. The van der Waals surface area contributed by atoms with Crippen LogP contribution < -0.4 is 5.73 Å². The summed E-state index contributed by atoms with van der Waals surface area (Å²) in [5.41, 5.74) is 7.65. The van der Waals surface area contributed by atoms with Crippen LogP contribution in [0.15, 0.2) is 24.3 Å². The molecule has 0 radical (unpaired) electrons. The van der Waals surface area contributed by atoms with Gasteiger partial charge in [-0.05, 0) is 30.0 Å². The van der Waals surface area contributed by atoms with Crippen LogP contribution in [-0.2, 0) is 6.54 Å². The molecule has 0 spiro atoms. The molecule has 1 aliphatic heterocycles. The summed E-state index contributed by atoms with van der Waals surface area (Å²) in [6.45, 7) is 2.43. The van der Waals surface area contributed by atoms with Crippen LogP contribution in [0.3, 0.4) is 0 Å². The van der Waals surface area contributed by atoms with Crippen molar-refractivity contribution in [1.29, 1.82) is 0 Å². The van der Waals surface area contributed by atoms with E-state index in [4.69, 9.17) is 5.73 Å². The highest BCUT2D eigenvalue weighted by atomic mass is 16.3. The number of hydrogen-bond donors (Lipinski definition) is 3. The Morgan fingerprint density at radius 3 is 2.88 bits per heavy atom. The van der Waals surface area contributed by atoms with E-state index in [2.05, 4.69) is 4.90 Å². The van der Waals surface area contributed by atoms with E-state index >= 15 is 0 Å². The Labute approximate surface area is 102 Å². The first-order valence-electron chi connectivity index (χ1n) is 6.03. The molecule has 4 N–H and O–H groups in total. The van der Waals surface area contributed by atoms with E-state index in [1.54, 1.807) is 0 Å². The second-order valence-electron chi connectivity index (χ2n) is 4.88. The van der Waals surface area contributed by atoms with Crippen molar-refractivity contribution in [2.45, 2.75) is 19.1 Å². The van der Waals surface area contributed by atoms with Crippen molar-refractivity contribution in [3.8, 4) is 0 Å². The normalized spacial score (nSPS) is 26.0. The van der Waals surface area contributed by atoms with Crippen molar-refractivity contribution in [1.82, 2.24) is 4.90 Å². The molecule has 2 rings (SSSR count). The molecule has 0 aromatic heterocycles. The van der Waals surface area contributed by atoms with Crippen LogP contribution in [0.25, 0.3) is 0 Å². The SMILES string of the molecule is Nc1cccc(CN2C[C@@H](O)C[C@@H](CO)C2)c1. The summed E-state index contributed by atoms with van der Waals surface area (Å²) in [7, 11) is 0. The van der Waals surface area contributed by atoms with Gasteiger partial charge in [-0.3, -0.25) is 4.90 Å². The molecule has 4 heteroatoms.